The van der Waals surface area contributed by atoms with Crippen molar-refractivity contribution >= 4 is 36.5 Å². The van der Waals surface area contributed by atoms with E-state index in [4.69, 9.17) is 14.2 Å². The largest absolute Gasteiger partial charge is 0.458 e. The fourth-order valence-electron chi connectivity index (χ4n) is 4.48. The van der Waals surface area contributed by atoms with Gasteiger partial charge >= 0.3 is 5.97 Å². The van der Waals surface area contributed by atoms with Gasteiger partial charge in [-0.3, -0.25) is 4.79 Å². The second kappa shape index (κ2) is 11.2. The van der Waals surface area contributed by atoms with Crippen LogP contribution in [-0.4, -0.2) is 64.7 Å². The van der Waals surface area contributed by atoms with Gasteiger partial charge in [0.15, 0.2) is 8.32 Å². The van der Waals surface area contributed by atoms with Crippen LogP contribution in [0.3, 0.4) is 0 Å². The van der Waals surface area contributed by atoms with Crippen LogP contribution < -0.4 is 0 Å². The molecule has 1 aromatic carbocycles. The molecular formula is C28H42FN3O5SSi. The predicted octanol–water partition coefficient (Wildman–Crippen LogP) is 5.49. The lowest BCUT2D eigenvalue weighted by molar-refractivity contribution is -0.156. The molecule has 1 saturated heterocycles. The first-order valence-electron chi connectivity index (χ1n) is 13.2. The summed E-state index contributed by atoms with van der Waals surface area (Å²) in [7, 11) is -4.29. The molecule has 3 rings (SSSR count). The monoisotopic (exact) mass is 579 g/mol. The van der Waals surface area contributed by atoms with Crippen LogP contribution in [-0.2, 0) is 24.0 Å². The number of cyclic esters (lactones) is 1. The van der Waals surface area contributed by atoms with Gasteiger partial charge in [-0.25, -0.2) is 27.1 Å². The topological polar surface area (TPSA) is 97.6 Å². The van der Waals surface area contributed by atoms with Crippen LogP contribution >= 0.6 is 0 Å². The molecule has 2 heterocycles. The number of guanidine groups is 1. The first kappa shape index (κ1) is 31.2. The molecule has 0 amide bonds. The van der Waals surface area contributed by atoms with Gasteiger partial charge in [0.25, 0.3) is 0 Å². The standard InChI is InChI=1S/C28H42FN3O5SSi/c1-19(2)28(15-14-22-16-23(17-24(33)36-22)37-39(8,9)27(3,4)5)18-30-26(32(6)38(7,34)35)31-25(28)20-10-12-21(29)13-11-20/h10-15,18-19,22-23,25H,16-17H2,1-9H3/t22-,23-,25?,28?/m1/s1. The number of halogens is 1. The quantitative estimate of drug-likeness (QED) is 0.242. The smallest absolute Gasteiger partial charge is 0.308 e. The van der Waals surface area contributed by atoms with Gasteiger partial charge < -0.3 is 9.16 Å². The van der Waals surface area contributed by atoms with E-state index in [1.54, 1.807) is 18.3 Å². The second-order valence-electron chi connectivity index (χ2n) is 12.4. The molecule has 0 radical (unpaired) electrons. The molecule has 2 aliphatic heterocycles. The van der Waals surface area contributed by atoms with Gasteiger partial charge in [0.05, 0.1) is 30.2 Å². The summed E-state index contributed by atoms with van der Waals surface area (Å²) in [6.07, 6.45) is 6.62. The summed E-state index contributed by atoms with van der Waals surface area (Å²) in [4.78, 5) is 21.8. The third kappa shape index (κ3) is 7.04. The molecule has 0 saturated carbocycles. The van der Waals surface area contributed by atoms with E-state index in [1.807, 2.05) is 26.0 Å². The zero-order valence-electron chi connectivity index (χ0n) is 24.4. The fraction of sp³-hybridized carbons (Fsp3) is 0.607. The van der Waals surface area contributed by atoms with Crippen molar-refractivity contribution in [1.29, 1.82) is 0 Å². The lowest BCUT2D eigenvalue weighted by Crippen LogP contribution is -2.47. The van der Waals surface area contributed by atoms with Crippen molar-refractivity contribution < 1.29 is 26.8 Å². The highest BCUT2D eigenvalue weighted by Gasteiger charge is 2.44. The van der Waals surface area contributed by atoms with Crippen LogP contribution in [0.15, 0.2) is 46.4 Å². The summed E-state index contributed by atoms with van der Waals surface area (Å²) < 4.78 is 51.5. The molecule has 11 heteroatoms. The highest BCUT2D eigenvalue weighted by atomic mass is 32.2. The molecule has 2 aliphatic rings. The Morgan fingerprint density at radius 1 is 1.23 bits per heavy atom. The molecule has 0 spiro atoms. The lowest BCUT2D eigenvalue weighted by Gasteiger charge is -2.41. The average molecular weight is 580 g/mol. The molecule has 1 aromatic rings. The number of hydrogen-bond donors (Lipinski definition) is 0. The summed E-state index contributed by atoms with van der Waals surface area (Å²) in [5.41, 5.74) is -0.0839. The summed E-state index contributed by atoms with van der Waals surface area (Å²) in [6, 6.07) is 5.42. The van der Waals surface area contributed by atoms with Gasteiger partial charge in [-0.1, -0.05) is 52.8 Å². The highest BCUT2D eigenvalue weighted by molar-refractivity contribution is 7.88. The summed E-state index contributed by atoms with van der Waals surface area (Å²) in [5.74, 6) is -0.683. The van der Waals surface area contributed by atoms with Gasteiger partial charge in [-0.15, -0.1) is 0 Å². The summed E-state index contributed by atoms with van der Waals surface area (Å²) in [6.45, 7) is 14.9. The zero-order valence-corrected chi connectivity index (χ0v) is 26.3. The van der Waals surface area contributed by atoms with Crippen molar-refractivity contribution in [2.45, 2.75) is 83.8 Å². The average Bonchev–Trinajstić information content (AvgIpc) is 2.80. The Hall–Kier alpha value is -2.37. The van der Waals surface area contributed by atoms with E-state index < -0.39 is 35.9 Å². The molecule has 0 bridgehead atoms. The number of sulfonamides is 1. The van der Waals surface area contributed by atoms with Crippen LogP contribution in [0.1, 0.15) is 59.1 Å². The summed E-state index contributed by atoms with van der Waals surface area (Å²) >= 11 is 0. The minimum atomic E-state index is -3.60. The minimum Gasteiger partial charge on any atom is -0.458 e. The maximum absolute atomic E-state index is 13.8. The van der Waals surface area contributed by atoms with Gasteiger partial charge in [0.2, 0.25) is 16.0 Å². The number of rotatable bonds is 7. The van der Waals surface area contributed by atoms with Gasteiger partial charge in [-0.05, 0) is 47.8 Å². The van der Waals surface area contributed by atoms with Crippen molar-refractivity contribution in [2.24, 2.45) is 21.3 Å². The second-order valence-corrected chi connectivity index (χ2v) is 19.1. The Kier molecular flexibility index (Phi) is 8.99. The van der Waals surface area contributed by atoms with Crippen molar-refractivity contribution in [3.8, 4) is 0 Å². The summed E-state index contributed by atoms with van der Waals surface area (Å²) in [5, 5.41) is 0.0111. The highest BCUT2D eigenvalue weighted by Crippen LogP contribution is 2.46. The first-order valence-corrected chi connectivity index (χ1v) is 18.0. The van der Waals surface area contributed by atoms with E-state index in [0.717, 1.165) is 10.6 Å². The lowest BCUT2D eigenvalue weighted by atomic mass is 9.69. The van der Waals surface area contributed by atoms with Crippen molar-refractivity contribution in [3.63, 3.8) is 0 Å². The van der Waals surface area contributed by atoms with E-state index in [-0.39, 0.29) is 41.2 Å². The molecule has 216 valence electrons. The molecular weight excluding hydrogens is 537 g/mol. The first-order chi connectivity index (χ1) is 17.9. The van der Waals surface area contributed by atoms with Gasteiger partial charge in [-0.2, -0.15) is 0 Å². The number of hydrogen-bond acceptors (Lipinski definition) is 7. The molecule has 8 nitrogen and oxygen atoms in total. The van der Waals surface area contributed by atoms with Crippen molar-refractivity contribution in [2.75, 3.05) is 13.3 Å². The fourth-order valence-corrected chi connectivity index (χ4v) is 6.24. The third-order valence-electron chi connectivity index (χ3n) is 8.13. The molecule has 0 N–H and O–H groups in total. The van der Waals surface area contributed by atoms with E-state index in [2.05, 4.69) is 38.9 Å². The molecule has 4 atom stereocenters. The molecule has 2 unspecified atom stereocenters. The van der Waals surface area contributed by atoms with E-state index in [9.17, 15) is 17.6 Å². The molecule has 0 aromatic heterocycles. The van der Waals surface area contributed by atoms with Crippen LogP contribution in [0, 0.1) is 17.2 Å². The number of aliphatic imine (C=N–C) groups is 2. The minimum absolute atomic E-state index is 0.0111. The van der Waals surface area contributed by atoms with E-state index in [1.165, 1.54) is 19.2 Å². The maximum Gasteiger partial charge on any atom is 0.308 e. The zero-order chi connectivity index (χ0) is 29.4. The Bertz CT molecular complexity index is 1250. The number of esters is 1. The third-order valence-corrected chi connectivity index (χ3v) is 13.8. The Labute approximate surface area is 233 Å². The van der Waals surface area contributed by atoms with Crippen LogP contribution in [0.5, 0.6) is 0 Å². The van der Waals surface area contributed by atoms with Crippen LogP contribution in [0.25, 0.3) is 0 Å². The Balaban J connectivity index is 1.99. The molecule has 1 fully saturated rings. The van der Waals surface area contributed by atoms with E-state index >= 15 is 0 Å². The molecule has 39 heavy (non-hydrogen) atoms. The van der Waals surface area contributed by atoms with Crippen LogP contribution in [0.2, 0.25) is 18.1 Å². The van der Waals surface area contributed by atoms with Crippen LogP contribution in [0.4, 0.5) is 4.39 Å². The number of benzene rings is 1. The van der Waals surface area contributed by atoms with E-state index in [0.29, 0.717) is 12.0 Å². The number of ether oxygens (including phenoxy) is 1. The predicted molar refractivity (Wildman–Crippen MR) is 155 cm³/mol. The number of nitrogens with zero attached hydrogens (tertiary/aromatic N) is 3. The number of carbonyl (C=O) groups is 1. The SMILES string of the molecule is CC(C)C1(C=C[C@@H]2C[C@@H](O[Si](C)(C)C(C)(C)C)CC(=O)O2)C=NC(N(C)S(C)(=O)=O)=NC1c1ccc(F)cc1. The Morgan fingerprint density at radius 2 is 1.85 bits per heavy atom. The van der Waals surface area contributed by atoms with Crippen molar-refractivity contribution in [3.05, 3.63) is 47.8 Å². The molecule has 0 aliphatic carbocycles. The maximum atomic E-state index is 13.8. The van der Waals surface area contributed by atoms with Crippen molar-refractivity contribution in [1.82, 2.24) is 4.31 Å². The van der Waals surface area contributed by atoms with Gasteiger partial charge in [0, 0.05) is 19.7 Å². The number of carbonyl (C=O) groups excluding carboxylic acids is 1. The Morgan fingerprint density at radius 3 is 2.38 bits per heavy atom. The normalized spacial score (nSPS) is 26.6. The van der Waals surface area contributed by atoms with Gasteiger partial charge in [0.1, 0.15) is 11.9 Å².